The van der Waals surface area contributed by atoms with Crippen LogP contribution >= 0.6 is 0 Å². The normalized spacial score (nSPS) is 16.0. The number of para-hydroxylation sites is 10. The van der Waals surface area contributed by atoms with Crippen LogP contribution in [0.15, 0.2) is 253 Å². The van der Waals surface area contributed by atoms with Gasteiger partial charge in [-0.25, -0.2) is 4.98 Å². The summed E-state index contributed by atoms with van der Waals surface area (Å²) in [6.45, 7) is 19.1. The Balaban J connectivity index is 1.25. The number of oxazole rings is 1. The van der Waals surface area contributed by atoms with Crippen LogP contribution in [-0.2, 0) is 21.7 Å². The monoisotopic (exact) mass is 1100 g/mol. The van der Waals surface area contributed by atoms with E-state index >= 15 is 0 Å². The lowest BCUT2D eigenvalue weighted by Crippen LogP contribution is -2.36. The molecule has 412 valence electrons. The molecule has 0 saturated heterocycles. The number of benzene rings is 11. The van der Waals surface area contributed by atoms with Crippen molar-refractivity contribution in [3.63, 3.8) is 0 Å². The Morgan fingerprint density at radius 2 is 0.518 bits per heavy atom. The maximum Gasteiger partial charge on any atom is 0.231 e. The van der Waals surface area contributed by atoms with Crippen molar-refractivity contribution in [3.8, 4) is 22.6 Å². The zero-order valence-electron chi connectivity index (χ0n) is 49.3. The Kier molecular flexibility index (Phi) is 10.9. The molecule has 0 radical (unpaired) electrons. The van der Waals surface area contributed by atoms with E-state index in [1.807, 2.05) is 0 Å². The summed E-state index contributed by atoms with van der Waals surface area (Å²) in [5, 5.41) is 0. The Morgan fingerprint density at radius 1 is 0.259 bits per heavy atom. The van der Waals surface area contributed by atoms with E-state index in [0.717, 1.165) is 90.5 Å². The number of anilines is 12. The summed E-state index contributed by atoms with van der Waals surface area (Å²) >= 11 is 0. The van der Waals surface area contributed by atoms with E-state index in [-0.39, 0.29) is 16.2 Å². The van der Waals surface area contributed by atoms with Crippen molar-refractivity contribution >= 4 is 79.3 Å². The van der Waals surface area contributed by atoms with Gasteiger partial charge in [0, 0.05) is 27.2 Å². The van der Waals surface area contributed by atoms with Crippen LogP contribution in [0, 0.1) is 0 Å². The van der Waals surface area contributed by atoms with Crippen molar-refractivity contribution in [2.24, 2.45) is 0 Å². The van der Waals surface area contributed by atoms with Gasteiger partial charge in [0.1, 0.15) is 5.52 Å². The molecular formula is C79H65N5O. The summed E-state index contributed by atoms with van der Waals surface area (Å²) in [4.78, 5) is 16.2. The van der Waals surface area contributed by atoms with Crippen LogP contribution < -0.4 is 19.6 Å². The molecule has 0 fully saturated rings. The molecule has 4 aliphatic heterocycles. The molecule has 0 spiro atoms. The van der Waals surface area contributed by atoms with Crippen LogP contribution in [0.3, 0.4) is 0 Å². The fraction of sp³-hybridized carbons (Fsp3) is 0.152. The topological polar surface area (TPSA) is 39.0 Å². The van der Waals surface area contributed by atoms with Crippen LogP contribution in [0.5, 0.6) is 0 Å². The van der Waals surface area contributed by atoms with Crippen molar-refractivity contribution < 1.29 is 4.42 Å². The van der Waals surface area contributed by atoms with Crippen molar-refractivity contribution in [2.75, 3.05) is 19.6 Å². The van der Waals surface area contributed by atoms with E-state index in [2.05, 4.69) is 324 Å². The lowest BCUT2D eigenvalue weighted by Gasteiger charge is -2.50. The molecule has 0 unspecified atom stereocenters. The summed E-state index contributed by atoms with van der Waals surface area (Å²) in [6.07, 6.45) is 0. The Bertz CT molecular complexity index is 4490. The van der Waals surface area contributed by atoms with Gasteiger partial charge in [0.2, 0.25) is 5.89 Å². The number of hydrogen-bond acceptors (Lipinski definition) is 6. The van der Waals surface area contributed by atoms with E-state index in [0.29, 0.717) is 11.5 Å². The standard InChI is InChI=1S/C79H65N5O/c1-76(2)51-32-12-21-41-60(51)81(61-42-22-13-33-52(61)76)71-69(50-30-10-9-11-31-50)72(82-62-43-23-14-34-53(62)77(3,4)54-35-15-24-44-63(54)82)74(84-66-47-27-18-38-57(66)79(7,8)58-39-19-28-48-67(58)84)73(70(71)75-80-59-40-20-29-49-68(59)85-75)83-64-45-25-16-36-55(64)78(5,6)56-37-17-26-46-65(56)83/h9-49H,1-8H3. The first-order valence-electron chi connectivity index (χ1n) is 29.9. The van der Waals surface area contributed by atoms with Crippen LogP contribution in [-0.4, -0.2) is 4.98 Å². The molecule has 1 aromatic heterocycles. The van der Waals surface area contributed by atoms with E-state index in [1.165, 1.54) is 44.5 Å². The molecule has 6 nitrogen and oxygen atoms in total. The predicted octanol–water partition coefficient (Wildman–Crippen LogP) is 21.6. The van der Waals surface area contributed by atoms with Gasteiger partial charge in [0.15, 0.2) is 5.58 Å². The van der Waals surface area contributed by atoms with Gasteiger partial charge in [-0.1, -0.05) is 243 Å². The highest BCUT2D eigenvalue weighted by molar-refractivity contribution is 6.20. The maximum absolute atomic E-state index is 7.58. The molecule has 4 aliphatic rings. The van der Waals surface area contributed by atoms with Crippen LogP contribution in [0.1, 0.15) is 99.9 Å². The van der Waals surface area contributed by atoms with E-state index in [9.17, 15) is 0 Å². The molecule has 6 heteroatoms. The molecule has 0 atom stereocenters. The van der Waals surface area contributed by atoms with Gasteiger partial charge < -0.3 is 24.0 Å². The largest absolute Gasteiger partial charge is 0.436 e. The maximum atomic E-state index is 7.58. The molecule has 0 aliphatic carbocycles. The summed E-state index contributed by atoms with van der Waals surface area (Å²) in [5.41, 5.74) is 25.2. The highest BCUT2D eigenvalue weighted by Crippen LogP contribution is 2.70. The first kappa shape index (κ1) is 50.8. The van der Waals surface area contributed by atoms with Gasteiger partial charge in [-0.3, -0.25) is 0 Å². The number of rotatable bonds is 6. The minimum Gasteiger partial charge on any atom is -0.436 e. The van der Waals surface area contributed by atoms with Crippen LogP contribution in [0.4, 0.5) is 68.2 Å². The average Bonchev–Trinajstić information content (AvgIpc) is 1.78. The van der Waals surface area contributed by atoms with Crippen LogP contribution in [0.2, 0.25) is 0 Å². The second kappa shape index (κ2) is 18.3. The zero-order valence-corrected chi connectivity index (χ0v) is 49.3. The Morgan fingerprint density at radius 3 is 0.847 bits per heavy atom. The van der Waals surface area contributed by atoms with Gasteiger partial charge in [-0.15, -0.1) is 0 Å². The van der Waals surface area contributed by atoms with Crippen LogP contribution in [0.25, 0.3) is 33.7 Å². The van der Waals surface area contributed by atoms with E-state index < -0.39 is 5.41 Å². The van der Waals surface area contributed by atoms with Gasteiger partial charge in [-0.2, -0.15) is 0 Å². The van der Waals surface area contributed by atoms with Gasteiger partial charge in [0.25, 0.3) is 0 Å². The fourth-order valence-corrected chi connectivity index (χ4v) is 15.3. The Labute approximate surface area is 498 Å². The molecule has 5 heterocycles. The quantitative estimate of drug-likeness (QED) is 0.165. The molecular weight excluding hydrogens is 1030 g/mol. The number of aromatic nitrogens is 1. The molecule has 12 aromatic rings. The second-order valence-corrected chi connectivity index (χ2v) is 25.5. The van der Waals surface area contributed by atoms with E-state index in [1.54, 1.807) is 0 Å². The third kappa shape index (κ3) is 7.09. The summed E-state index contributed by atoms with van der Waals surface area (Å²) in [6, 6.07) is 92.2. The number of nitrogens with zero attached hydrogens (tertiary/aromatic N) is 5. The minimum atomic E-state index is -0.391. The summed E-state index contributed by atoms with van der Waals surface area (Å²) in [7, 11) is 0. The third-order valence-electron chi connectivity index (χ3n) is 19.4. The first-order chi connectivity index (χ1) is 41.3. The molecule has 16 rings (SSSR count). The average molecular weight is 1100 g/mol. The predicted molar refractivity (Wildman–Crippen MR) is 352 cm³/mol. The molecule has 11 aromatic carbocycles. The van der Waals surface area contributed by atoms with Crippen molar-refractivity contribution in [1.82, 2.24) is 4.98 Å². The second-order valence-electron chi connectivity index (χ2n) is 25.5. The SMILES string of the molecule is CC1(C)c2ccccc2N(c2c(-c3ccccc3)c(N3c4ccccc4C(C)(C)c4ccccc43)c(N3c4ccccc4C(C)(C)c4ccccc43)c(N3c4ccccc4C(C)(C)c4ccccc43)c2-c2nc3ccccc3o2)c2ccccc21. The highest BCUT2D eigenvalue weighted by atomic mass is 16.3. The van der Waals surface area contributed by atoms with E-state index in [4.69, 9.17) is 9.40 Å². The first-order valence-corrected chi connectivity index (χ1v) is 29.9. The van der Waals surface area contributed by atoms with Crippen molar-refractivity contribution in [1.29, 1.82) is 0 Å². The molecule has 85 heavy (non-hydrogen) atoms. The molecule has 0 N–H and O–H groups in total. The summed E-state index contributed by atoms with van der Waals surface area (Å²) < 4.78 is 7.58. The molecule has 0 saturated carbocycles. The smallest absolute Gasteiger partial charge is 0.231 e. The number of hydrogen-bond donors (Lipinski definition) is 0. The van der Waals surface area contributed by atoms with Crippen molar-refractivity contribution in [2.45, 2.75) is 77.0 Å². The lowest BCUT2D eigenvalue weighted by molar-refractivity contribution is 0.618. The lowest BCUT2D eigenvalue weighted by atomic mass is 9.72. The van der Waals surface area contributed by atoms with Gasteiger partial charge in [-0.05, 0) is 111 Å². The fourth-order valence-electron chi connectivity index (χ4n) is 15.3. The van der Waals surface area contributed by atoms with Gasteiger partial charge >= 0.3 is 0 Å². The molecule has 0 bridgehead atoms. The molecule has 0 amide bonds. The van der Waals surface area contributed by atoms with Crippen molar-refractivity contribution in [3.05, 3.63) is 293 Å². The Hall–Kier alpha value is -9.91. The summed E-state index contributed by atoms with van der Waals surface area (Å²) in [5.74, 6) is 0.510. The zero-order chi connectivity index (χ0) is 57.7. The minimum absolute atomic E-state index is 0.373. The highest BCUT2D eigenvalue weighted by Gasteiger charge is 2.50. The third-order valence-corrected chi connectivity index (χ3v) is 19.4. The number of fused-ring (bicyclic) bond motifs is 9. The van der Waals surface area contributed by atoms with Gasteiger partial charge in [0.05, 0.1) is 73.8 Å².